The topological polar surface area (TPSA) is 57.6 Å². The minimum absolute atomic E-state index is 0.0597. The summed E-state index contributed by atoms with van der Waals surface area (Å²) in [5.41, 5.74) is 0. The Morgan fingerprint density at radius 2 is 2.21 bits per heavy atom. The lowest BCUT2D eigenvalue weighted by Crippen LogP contribution is -2.41. The van der Waals surface area contributed by atoms with Crippen molar-refractivity contribution in [1.29, 1.82) is 0 Å². The molecular formula is C13H18ClNO3S. The molecule has 0 fully saturated rings. The van der Waals surface area contributed by atoms with Crippen LogP contribution in [0.4, 0.5) is 0 Å². The monoisotopic (exact) mass is 303 g/mol. The van der Waals surface area contributed by atoms with Crippen LogP contribution in [0.15, 0.2) is 11.4 Å². The van der Waals surface area contributed by atoms with E-state index in [0.29, 0.717) is 17.9 Å². The first kappa shape index (κ1) is 16.0. The molecule has 6 heteroatoms. The second-order valence-corrected chi connectivity index (χ2v) is 5.84. The number of thiophene rings is 1. The van der Waals surface area contributed by atoms with Gasteiger partial charge in [-0.15, -0.1) is 11.3 Å². The first-order chi connectivity index (χ1) is 8.93. The number of rotatable bonds is 7. The number of carboxylic acids is 1. The molecular weight excluding hydrogens is 286 g/mol. The number of carboxylic acid groups (broad SMARTS) is 1. The van der Waals surface area contributed by atoms with Crippen LogP contribution in [-0.4, -0.2) is 34.5 Å². The molecule has 0 aliphatic rings. The fourth-order valence-corrected chi connectivity index (χ4v) is 2.79. The van der Waals surface area contributed by atoms with Crippen molar-refractivity contribution in [2.45, 2.75) is 39.2 Å². The summed E-state index contributed by atoms with van der Waals surface area (Å²) in [6, 6.07) is 1.78. The lowest BCUT2D eigenvalue weighted by Gasteiger charge is -2.26. The molecule has 0 spiro atoms. The third kappa shape index (κ3) is 5.20. The van der Waals surface area contributed by atoms with Crippen LogP contribution in [0.3, 0.4) is 0 Å². The zero-order valence-electron chi connectivity index (χ0n) is 11.1. The lowest BCUT2D eigenvalue weighted by molar-refractivity contribution is -0.146. The summed E-state index contributed by atoms with van der Waals surface area (Å²) in [6.07, 6.45) is 1.65. The predicted molar refractivity (Wildman–Crippen MR) is 76.8 cm³/mol. The van der Waals surface area contributed by atoms with Crippen LogP contribution in [0.2, 0.25) is 5.02 Å². The van der Waals surface area contributed by atoms with Gasteiger partial charge in [0.1, 0.15) is 6.54 Å². The molecule has 19 heavy (non-hydrogen) atoms. The lowest BCUT2D eigenvalue weighted by atomic mass is 10.1. The first-order valence-electron chi connectivity index (χ1n) is 6.18. The Labute approximate surface area is 122 Å². The molecule has 0 saturated carbocycles. The maximum Gasteiger partial charge on any atom is 0.323 e. The molecule has 0 saturated heterocycles. The van der Waals surface area contributed by atoms with Gasteiger partial charge in [0.2, 0.25) is 5.91 Å². The maximum absolute atomic E-state index is 12.1. The van der Waals surface area contributed by atoms with Crippen molar-refractivity contribution in [3.05, 3.63) is 21.3 Å². The van der Waals surface area contributed by atoms with Gasteiger partial charge in [-0.25, -0.2) is 0 Å². The van der Waals surface area contributed by atoms with E-state index < -0.39 is 5.97 Å². The average molecular weight is 304 g/mol. The summed E-state index contributed by atoms with van der Waals surface area (Å²) in [5.74, 6) is -1.10. The van der Waals surface area contributed by atoms with Gasteiger partial charge < -0.3 is 10.0 Å². The van der Waals surface area contributed by atoms with Crippen molar-refractivity contribution in [3.8, 4) is 0 Å². The highest BCUT2D eigenvalue weighted by Crippen LogP contribution is 2.20. The zero-order valence-corrected chi connectivity index (χ0v) is 12.6. The zero-order chi connectivity index (χ0) is 14.4. The summed E-state index contributed by atoms with van der Waals surface area (Å²) in [5, 5.41) is 11.4. The quantitative estimate of drug-likeness (QED) is 0.842. The Bertz CT molecular complexity index is 447. The highest BCUT2D eigenvalue weighted by molar-refractivity contribution is 7.10. The second-order valence-electron chi connectivity index (χ2n) is 4.40. The van der Waals surface area contributed by atoms with Crippen molar-refractivity contribution in [3.63, 3.8) is 0 Å². The molecule has 1 unspecified atom stereocenters. The van der Waals surface area contributed by atoms with Gasteiger partial charge in [0.25, 0.3) is 0 Å². The SMILES string of the molecule is CCC(C)N(CC(=O)O)C(=O)CCc1cc(Cl)cs1. The first-order valence-corrected chi connectivity index (χ1v) is 7.44. The normalized spacial score (nSPS) is 12.2. The van der Waals surface area contributed by atoms with Gasteiger partial charge in [-0.05, 0) is 25.8 Å². The van der Waals surface area contributed by atoms with Crippen molar-refractivity contribution >= 4 is 34.8 Å². The second kappa shape index (κ2) is 7.50. The number of nitrogens with zero attached hydrogens (tertiary/aromatic N) is 1. The average Bonchev–Trinajstić information content (AvgIpc) is 2.77. The van der Waals surface area contributed by atoms with E-state index in [1.54, 1.807) is 0 Å². The van der Waals surface area contributed by atoms with Crippen LogP contribution in [0.1, 0.15) is 31.6 Å². The Morgan fingerprint density at radius 1 is 1.53 bits per heavy atom. The van der Waals surface area contributed by atoms with Crippen LogP contribution in [0.25, 0.3) is 0 Å². The largest absolute Gasteiger partial charge is 0.480 e. The Morgan fingerprint density at radius 3 is 2.68 bits per heavy atom. The molecule has 4 nitrogen and oxygen atoms in total. The van der Waals surface area contributed by atoms with Gasteiger partial charge in [-0.1, -0.05) is 18.5 Å². The van der Waals surface area contributed by atoms with Gasteiger partial charge in [-0.2, -0.15) is 0 Å². The standard InChI is InChI=1S/C13H18ClNO3S/c1-3-9(2)15(7-13(17)18)12(16)5-4-11-6-10(14)8-19-11/h6,8-9H,3-5,7H2,1-2H3,(H,17,18). The van der Waals surface area contributed by atoms with Crippen molar-refractivity contribution in [2.24, 2.45) is 0 Å². The number of hydrogen-bond donors (Lipinski definition) is 1. The number of amides is 1. The number of carbonyl (C=O) groups is 2. The highest BCUT2D eigenvalue weighted by atomic mass is 35.5. The molecule has 0 aliphatic carbocycles. The van der Waals surface area contributed by atoms with Crippen LogP contribution < -0.4 is 0 Å². The fraction of sp³-hybridized carbons (Fsp3) is 0.538. The maximum atomic E-state index is 12.1. The molecule has 0 aliphatic heterocycles. The van der Waals surface area contributed by atoms with Gasteiger partial charge >= 0.3 is 5.97 Å². The third-order valence-electron chi connectivity index (χ3n) is 2.96. The smallest absolute Gasteiger partial charge is 0.323 e. The van der Waals surface area contributed by atoms with E-state index in [9.17, 15) is 9.59 Å². The van der Waals surface area contributed by atoms with E-state index in [1.165, 1.54) is 16.2 Å². The summed E-state index contributed by atoms with van der Waals surface area (Å²) in [7, 11) is 0. The number of hydrogen-bond acceptors (Lipinski definition) is 3. The van der Waals surface area contributed by atoms with Crippen LogP contribution >= 0.6 is 22.9 Å². The summed E-state index contributed by atoms with van der Waals surface area (Å²) >= 11 is 7.33. The van der Waals surface area contributed by atoms with Crippen LogP contribution in [-0.2, 0) is 16.0 Å². The molecule has 1 aromatic heterocycles. The fourth-order valence-electron chi connectivity index (χ4n) is 1.71. The molecule has 1 heterocycles. The Balaban J connectivity index is 2.58. The van der Waals surface area contributed by atoms with Gasteiger partial charge in [0, 0.05) is 22.7 Å². The van der Waals surface area contributed by atoms with E-state index in [4.69, 9.17) is 16.7 Å². The molecule has 1 N–H and O–H groups in total. The number of halogens is 1. The van der Waals surface area contributed by atoms with Crippen LogP contribution in [0.5, 0.6) is 0 Å². The summed E-state index contributed by atoms with van der Waals surface area (Å²) in [4.78, 5) is 25.4. The predicted octanol–water partition coefficient (Wildman–Crippen LogP) is 3.05. The van der Waals surface area contributed by atoms with Crippen LogP contribution in [0, 0.1) is 0 Å². The van der Waals surface area contributed by atoms with E-state index in [2.05, 4.69) is 0 Å². The van der Waals surface area contributed by atoms with Crippen molar-refractivity contribution in [2.75, 3.05) is 6.54 Å². The Kier molecular flexibility index (Phi) is 6.31. The van der Waals surface area contributed by atoms with Crippen molar-refractivity contribution < 1.29 is 14.7 Å². The summed E-state index contributed by atoms with van der Waals surface area (Å²) < 4.78 is 0. The molecule has 106 valence electrons. The molecule has 0 aromatic carbocycles. The third-order valence-corrected chi connectivity index (χ3v) is 4.30. The van der Waals surface area contributed by atoms with E-state index in [0.717, 1.165) is 11.3 Å². The van der Waals surface area contributed by atoms with E-state index in [-0.39, 0.29) is 18.5 Å². The number of aryl methyl sites for hydroxylation is 1. The molecule has 0 radical (unpaired) electrons. The summed E-state index contributed by atoms with van der Waals surface area (Å²) in [6.45, 7) is 3.56. The molecule has 1 amide bonds. The minimum atomic E-state index is -0.979. The highest BCUT2D eigenvalue weighted by Gasteiger charge is 2.21. The van der Waals surface area contributed by atoms with Gasteiger partial charge in [-0.3, -0.25) is 9.59 Å². The molecule has 1 atom stereocenters. The molecule has 0 bridgehead atoms. The minimum Gasteiger partial charge on any atom is -0.480 e. The number of aliphatic carboxylic acids is 1. The van der Waals surface area contributed by atoms with E-state index in [1.807, 2.05) is 25.3 Å². The molecule has 1 rings (SSSR count). The Hall–Kier alpha value is -1.07. The molecule has 1 aromatic rings. The van der Waals surface area contributed by atoms with E-state index >= 15 is 0 Å². The number of carbonyl (C=O) groups excluding carboxylic acids is 1. The van der Waals surface area contributed by atoms with Gasteiger partial charge in [0.05, 0.1) is 5.02 Å². The van der Waals surface area contributed by atoms with Gasteiger partial charge in [0.15, 0.2) is 0 Å². The van der Waals surface area contributed by atoms with Crippen molar-refractivity contribution in [1.82, 2.24) is 4.90 Å².